The third-order valence-corrected chi connectivity index (χ3v) is 4.13. The summed E-state index contributed by atoms with van der Waals surface area (Å²) in [4.78, 5) is 30.8. The maximum Gasteiger partial charge on any atom is 0.330 e. The van der Waals surface area contributed by atoms with Gasteiger partial charge in [-0.15, -0.1) is 0 Å². The molecule has 0 radical (unpaired) electrons. The maximum absolute atomic E-state index is 12.2. The van der Waals surface area contributed by atoms with E-state index in [0.717, 1.165) is 32.5 Å². The van der Waals surface area contributed by atoms with Crippen LogP contribution < -0.4 is 16.6 Å². The van der Waals surface area contributed by atoms with Crippen molar-refractivity contribution in [2.75, 3.05) is 13.1 Å². The van der Waals surface area contributed by atoms with E-state index in [0.29, 0.717) is 17.1 Å². The summed E-state index contributed by atoms with van der Waals surface area (Å²) in [5, 5.41) is 3.34. The van der Waals surface area contributed by atoms with Crippen molar-refractivity contribution in [1.29, 1.82) is 0 Å². The number of H-pyrrole nitrogens is 1. The van der Waals surface area contributed by atoms with E-state index in [4.69, 9.17) is 0 Å². The molecule has 0 unspecified atom stereocenters. The molecule has 0 saturated carbocycles. The van der Waals surface area contributed by atoms with E-state index < -0.39 is 5.69 Å². The monoisotopic (exact) mass is 291 g/mol. The van der Waals surface area contributed by atoms with Gasteiger partial charge in [-0.3, -0.25) is 14.3 Å². The number of aromatic amines is 1. The zero-order valence-corrected chi connectivity index (χ0v) is 12.4. The lowest BCUT2D eigenvalue weighted by atomic mass is 9.98. The minimum atomic E-state index is -0.394. The molecule has 0 atom stereocenters. The van der Waals surface area contributed by atoms with Crippen LogP contribution in [0.15, 0.2) is 15.9 Å². The van der Waals surface area contributed by atoms with Gasteiger partial charge in [0.05, 0.1) is 6.33 Å². The van der Waals surface area contributed by atoms with Crippen molar-refractivity contribution in [3.05, 3.63) is 27.2 Å². The highest BCUT2D eigenvalue weighted by Gasteiger charge is 2.19. The maximum atomic E-state index is 12.2. The molecule has 0 bridgehead atoms. The van der Waals surface area contributed by atoms with Gasteiger partial charge < -0.3 is 9.88 Å². The van der Waals surface area contributed by atoms with Crippen LogP contribution in [0.3, 0.4) is 0 Å². The number of nitrogens with one attached hydrogen (secondary N) is 2. The van der Waals surface area contributed by atoms with Gasteiger partial charge >= 0.3 is 5.69 Å². The number of rotatable bonds is 3. The molecule has 2 aromatic rings. The molecule has 7 nitrogen and oxygen atoms in total. The van der Waals surface area contributed by atoms with Gasteiger partial charge in [-0.1, -0.05) is 0 Å². The lowest BCUT2D eigenvalue weighted by molar-refractivity contribution is 0.336. The third kappa shape index (κ3) is 2.53. The smallest absolute Gasteiger partial charge is 0.324 e. The Bertz CT molecular complexity index is 749. The fourth-order valence-corrected chi connectivity index (χ4v) is 3.05. The predicted octanol–water partition coefficient (Wildman–Crippen LogP) is 0.467. The summed E-state index contributed by atoms with van der Waals surface area (Å²) in [5.74, 6) is 0.544. The molecule has 1 saturated heterocycles. The van der Waals surface area contributed by atoms with Gasteiger partial charge in [-0.25, -0.2) is 9.78 Å². The topological polar surface area (TPSA) is 84.7 Å². The molecule has 0 spiro atoms. The van der Waals surface area contributed by atoms with E-state index in [1.807, 2.05) is 18.4 Å². The Balaban J connectivity index is 2.07. The molecule has 1 aliphatic rings. The zero-order chi connectivity index (χ0) is 15.0. The first-order valence-electron chi connectivity index (χ1n) is 7.48. The van der Waals surface area contributed by atoms with Gasteiger partial charge in [0, 0.05) is 12.6 Å². The highest BCUT2D eigenvalue weighted by Crippen LogP contribution is 2.17. The highest BCUT2D eigenvalue weighted by molar-refractivity contribution is 5.70. The normalized spacial score (nSPS) is 16.9. The lowest BCUT2D eigenvalue weighted by Gasteiger charge is -2.23. The number of piperidine rings is 1. The lowest BCUT2D eigenvalue weighted by Crippen LogP contribution is -2.33. The minimum Gasteiger partial charge on any atom is -0.324 e. The van der Waals surface area contributed by atoms with Crippen LogP contribution in [-0.4, -0.2) is 32.2 Å². The van der Waals surface area contributed by atoms with Crippen LogP contribution in [0.5, 0.6) is 0 Å². The summed E-state index contributed by atoms with van der Waals surface area (Å²) in [7, 11) is 0. The van der Waals surface area contributed by atoms with E-state index >= 15 is 0 Å². The van der Waals surface area contributed by atoms with Crippen LogP contribution in [0.2, 0.25) is 0 Å². The van der Waals surface area contributed by atoms with Crippen molar-refractivity contribution >= 4 is 11.2 Å². The van der Waals surface area contributed by atoms with E-state index in [1.165, 1.54) is 4.57 Å². The van der Waals surface area contributed by atoms with Crippen molar-refractivity contribution < 1.29 is 0 Å². The summed E-state index contributed by atoms with van der Waals surface area (Å²) < 4.78 is 3.43. The van der Waals surface area contributed by atoms with Gasteiger partial charge in [0.25, 0.3) is 5.56 Å². The number of nitrogens with zero attached hydrogens (tertiary/aromatic N) is 3. The molecule has 1 aliphatic heterocycles. The summed E-state index contributed by atoms with van der Waals surface area (Å²) in [6.45, 7) is 6.63. The summed E-state index contributed by atoms with van der Waals surface area (Å²) >= 11 is 0. The first-order valence-corrected chi connectivity index (χ1v) is 7.48. The molecule has 0 aliphatic carbocycles. The van der Waals surface area contributed by atoms with E-state index in [-0.39, 0.29) is 11.6 Å². The van der Waals surface area contributed by atoms with Gasteiger partial charge in [-0.05, 0) is 45.7 Å². The first kappa shape index (κ1) is 14.1. The van der Waals surface area contributed by atoms with Gasteiger partial charge in [0.15, 0.2) is 11.2 Å². The molecular weight excluding hydrogens is 270 g/mol. The fourth-order valence-electron chi connectivity index (χ4n) is 3.05. The van der Waals surface area contributed by atoms with Crippen LogP contribution >= 0.6 is 0 Å². The molecule has 7 heteroatoms. The standard InChI is InChI=1S/C14H21N5O2/c1-9(2)19-12-11(13(20)17-14(19)21)18(8-16-12)7-10-3-5-15-6-4-10/h8-10,15H,3-7H2,1-2H3,(H,17,20,21). The van der Waals surface area contributed by atoms with Crippen LogP contribution in [0.25, 0.3) is 11.2 Å². The van der Waals surface area contributed by atoms with Crippen LogP contribution in [-0.2, 0) is 6.54 Å². The molecule has 0 amide bonds. The van der Waals surface area contributed by atoms with E-state index in [9.17, 15) is 9.59 Å². The van der Waals surface area contributed by atoms with Crippen molar-refractivity contribution in [3.63, 3.8) is 0 Å². The van der Waals surface area contributed by atoms with Gasteiger partial charge in [0.1, 0.15) is 0 Å². The van der Waals surface area contributed by atoms with E-state index in [2.05, 4.69) is 15.3 Å². The minimum absolute atomic E-state index is 0.0425. The van der Waals surface area contributed by atoms with Gasteiger partial charge in [0.2, 0.25) is 0 Å². The largest absolute Gasteiger partial charge is 0.330 e. The van der Waals surface area contributed by atoms with Crippen molar-refractivity contribution in [1.82, 2.24) is 24.4 Å². The molecule has 114 valence electrons. The molecule has 1 fully saturated rings. The molecule has 2 N–H and O–H groups in total. The van der Waals surface area contributed by atoms with Crippen LogP contribution in [0.1, 0.15) is 32.7 Å². The highest BCUT2D eigenvalue weighted by atomic mass is 16.2. The van der Waals surface area contributed by atoms with Crippen LogP contribution in [0, 0.1) is 5.92 Å². The Morgan fingerprint density at radius 2 is 2.05 bits per heavy atom. The second-order valence-electron chi connectivity index (χ2n) is 5.99. The Morgan fingerprint density at radius 1 is 1.33 bits per heavy atom. The van der Waals surface area contributed by atoms with Crippen molar-refractivity contribution in [2.24, 2.45) is 5.92 Å². The summed E-state index contributed by atoms with van der Waals surface area (Å²) in [6, 6.07) is -0.0425. The number of hydrogen-bond donors (Lipinski definition) is 2. The quantitative estimate of drug-likeness (QED) is 0.861. The fraction of sp³-hybridized carbons (Fsp3) is 0.643. The second-order valence-corrected chi connectivity index (χ2v) is 5.99. The SMILES string of the molecule is CC(C)n1c(=O)[nH]c(=O)c2c1ncn2CC1CCNCC1. The molecule has 3 heterocycles. The number of aromatic nitrogens is 4. The zero-order valence-electron chi connectivity index (χ0n) is 12.4. The summed E-state index contributed by atoms with van der Waals surface area (Å²) in [5.41, 5.74) is 0.238. The third-order valence-electron chi connectivity index (χ3n) is 4.13. The average Bonchev–Trinajstić information content (AvgIpc) is 2.83. The Labute approximate surface area is 122 Å². The van der Waals surface area contributed by atoms with Gasteiger partial charge in [-0.2, -0.15) is 0 Å². The van der Waals surface area contributed by atoms with Crippen molar-refractivity contribution in [3.8, 4) is 0 Å². The predicted molar refractivity (Wildman–Crippen MR) is 80.6 cm³/mol. The molecular formula is C14H21N5O2. The number of hydrogen-bond acceptors (Lipinski definition) is 4. The Morgan fingerprint density at radius 3 is 2.71 bits per heavy atom. The average molecular weight is 291 g/mol. The molecule has 0 aromatic carbocycles. The number of fused-ring (bicyclic) bond motifs is 1. The van der Waals surface area contributed by atoms with Crippen LogP contribution in [0.4, 0.5) is 0 Å². The molecule has 2 aromatic heterocycles. The molecule has 21 heavy (non-hydrogen) atoms. The number of imidazole rings is 1. The molecule has 3 rings (SSSR count). The Hall–Kier alpha value is -1.89. The first-order chi connectivity index (χ1) is 10.1. The van der Waals surface area contributed by atoms with Crippen molar-refractivity contribution in [2.45, 2.75) is 39.3 Å². The summed E-state index contributed by atoms with van der Waals surface area (Å²) in [6.07, 6.45) is 3.88. The second kappa shape index (κ2) is 5.48. The Kier molecular flexibility index (Phi) is 3.67. The van der Waals surface area contributed by atoms with E-state index in [1.54, 1.807) is 6.33 Å².